The molecule has 0 aliphatic rings. The van der Waals surface area contributed by atoms with Crippen molar-refractivity contribution >= 4 is 0 Å². The quantitative estimate of drug-likeness (QED) is 0.579. The molecule has 0 bridgehead atoms. The van der Waals surface area contributed by atoms with Crippen molar-refractivity contribution < 1.29 is 10.2 Å². The third-order valence-electron chi connectivity index (χ3n) is 1.27. The van der Waals surface area contributed by atoms with Gasteiger partial charge in [-0.3, -0.25) is 0 Å². The van der Waals surface area contributed by atoms with Crippen molar-refractivity contribution in [2.45, 2.75) is 33.0 Å². The molecule has 0 aromatic carbocycles. The van der Waals surface area contributed by atoms with E-state index in [0.717, 1.165) is 0 Å². The Balaban J connectivity index is 3.66. The molecule has 0 spiro atoms. The van der Waals surface area contributed by atoms with Gasteiger partial charge in [0.1, 0.15) is 0 Å². The summed E-state index contributed by atoms with van der Waals surface area (Å²) in [4.78, 5) is 0. The molecule has 0 aromatic rings. The molecule has 60 valence electrons. The van der Waals surface area contributed by atoms with E-state index in [1.165, 1.54) is 0 Å². The van der Waals surface area contributed by atoms with Crippen molar-refractivity contribution in [2.75, 3.05) is 0 Å². The monoisotopic (exact) mass is 144 g/mol. The van der Waals surface area contributed by atoms with Crippen LogP contribution in [0.1, 0.15) is 20.8 Å². The zero-order valence-corrected chi connectivity index (χ0v) is 6.78. The Kier molecular flexibility index (Phi) is 4.32. The lowest BCUT2D eigenvalue weighted by atomic mass is 10.1. The molecule has 0 saturated heterocycles. The molecule has 2 atom stereocenters. The number of hydrogen-bond donors (Lipinski definition) is 2. The van der Waals surface area contributed by atoms with Gasteiger partial charge in [-0.05, 0) is 12.8 Å². The van der Waals surface area contributed by atoms with Gasteiger partial charge < -0.3 is 10.2 Å². The Morgan fingerprint density at radius 1 is 1.00 bits per heavy atom. The van der Waals surface area contributed by atoms with Gasteiger partial charge >= 0.3 is 0 Å². The van der Waals surface area contributed by atoms with Crippen LogP contribution in [-0.4, -0.2) is 22.4 Å². The van der Waals surface area contributed by atoms with Crippen molar-refractivity contribution in [1.82, 2.24) is 0 Å². The first kappa shape index (κ1) is 9.66. The largest absolute Gasteiger partial charge is 0.389 e. The topological polar surface area (TPSA) is 40.5 Å². The van der Waals surface area contributed by atoms with Crippen LogP contribution in [0.5, 0.6) is 0 Å². The number of hydrogen-bond acceptors (Lipinski definition) is 2. The molecule has 2 nitrogen and oxygen atoms in total. The normalized spacial score (nSPS) is 18.2. The molecule has 2 N–H and O–H groups in total. The van der Waals surface area contributed by atoms with Gasteiger partial charge in [0.15, 0.2) is 0 Å². The minimum atomic E-state index is -0.464. The van der Waals surface area contributed by atoms with Crippen LogP contribution >= 0.6 is 0 Å². The summed E-state index contributed by atoms with van der Waals surface area (Å²) in [7, 11) is 0. The van der Waals surface area contributed by atoms with Crippen molar-refractivity contribution in [1.29, 1.82) is 0 Å². The minimum Gasteiger partial charge on any atom is -0.389 e. The fourth-order valence-corrected chi connectivity index (χ4v) is 0.497. The number of aliphatic hydroxyl groups excluding tert-OH is 2. The van der Waals surface area contributed by atoms with Crippen molar-refractivity contribution in [2.24, 2.45) is 5.92 Å². The van der Waals surface area contributed by atoms with Gasteiger partial charge in [-0.2, -0.15) is 0 Å². The maximum atomic E-state index is 9.18. The molecule has 0 rings (SSSR count). The summed E-state index contributed by atoms with van der Waals surface area (Å²) in [6.07, 6.45) is 2.31. The molecule has 10 heavy (non-hydrogen) atoms. The predicted molar refractivity (Wildman–Crippen MR) is 41.7 cm³/mol. The molecule has 2 heteroatoms. The maximum Gasteiger partial charge on any atom is 0.0744 e. The Hall–Kier alpha value is -0.340. The second-order valence-corrected chi connectivity index (χ2v) is 2.86. The van der Waals surface area contributed by atoms with E-state index in [1.807, 2.05) is 13.8 Å². The van der Waals surface area contributed by atoms with Gasteiger partial charge in [0.25, 0.3) is 0 Å². The predicted octanol–water partition coefficient (Wildman–Crippen LogP) is 0.940. The highest BCUT2D eigenvalue weighted by molar-refractivity contribution is 4.92. The van der Waals surface area contributed by atoms with E-state index < -0.39 is 12.2 Å². The standard InChI is InChI=1S/C8H16O2/c1-6(2)8(10)5-4-7(3)9/h4-10H,1-3H3/b5-4+. The Bertz CT molecular complexity index is 106. The summed E-state index contributed by atoms with van der Waals surface area (Å²) < 4.78 is 0. The van der Waals surface area contributed by atoms with Crippen molar-refractivity contribution in [3.05, 3.63) is 12.2 Å². The molecular weight excluding hydrogens is 128 g/mol. The second-order valence-electron chi connectivity index (χ2n) is 2.86. The van der Waals surface area contributed by atoms with E-state index in [9.17, 15) is 5.11 Å². The second kappa shape index (κ2) is 4.47. The number of rotatable bonds is 3. The average molecular weight is 144 g/mol. The molecule has 0 aliphatic heterocycles. The molecular formula is C8H16O2. The molecule has 0 saturated carbocycles. The van der Waals surface area contributed by atoms with Gasteiger partial charge in [0, 0.05) is 0 Å². The van der Waals surface area contributed by atoms with Crippen LogP contribution in [-0.2, 0) is 0 Å². The molecule has 0 aliphatic carbocycles. The molecule has 0 fully saturated rings. The van der Waals surface area contributed by atoms with Gasteiger partial charge in [0.2, 0.25) is 0 Å². The fraction of sp³-hybridized carbons (Fsp3) is 0.750. The summed E-state index contributed by atoms with van der Waals surface area (Å²) in [6, 6.07) is 0. The highest BCUT2D eigenvalue weighted by Crippen LogP contribution is 2.02. The highest BCUT2D eigenvalue weighted by Gasteiger charge is 2.03. The lowest BCUT2D eigenvalue weighted by Crippen LogP contribution is -2.11. The van der Waals surface area contributed by atoms with Crippen LogP contribution in [0.25, 0.3) is 0 Å². The summed E-state index contributed by atoms with van der Waals surface area (Å²) in [5.41, 5.74) is 0. The van der Waals surface area contributed by atoms with Crippen LogP contribution in [0.2, 0.25) is 0 Å². The van der Waals surface area contributed by atoms with E-state index in [1.54, 1.807) is 19.1 Å². The SMILES string of the molecule is CC(O)/C=C/C(O)C(C)C. The minimum absolute atomic E-state index is 0.218. The zero-order valence-electron chi connectivity index (χ0n) is 6.78. The van der Waals surface area contributed by atoms with Crippen LogP contribution in [0.15, 0.2) is 12.2 Å². The molecule has 0 amide bonds. The lowest BCUT2D eigenvalue weighted by molar-refractivity contribution is 0.169. The highest BCUT2D eigenvalue weighted by atomic mass is 16.3. The summed E-state index contributed by atoms with van der Waals surface area (Å²) in [6.45, 7) is 5.51. The van der Waals surface area contributed by atoms with Crippen LogP contribution in [0.3, 0.4) is 0 Å². The van der Waals surface area contributed by atoms with E-state index in [2.05, 4.69) is 0 Å². The van der Waals surface area contributed by atoms with Crippen LogP contribution in [0, 0.1) is 5.92 Å². The van der Waals surface area contributed by atoms with Gasteiger partial charge in [-0.25, -0.2) is 0 Å². The summed E-state index contributed by atoms with van der Waals surface area (Å²) >= 11 is 0. The summed E-state index contributed by atoms with van der Waals surface area (Å²) in [5, 5.41) is 18.0. The third-order valence-corrected chi connectivity index (χ3v) is 1.27. The fourth-order valence-electron chi connectivity index (χ4n) is 0.497. The Morgan fingerprint density at radius 2 is 1.50 bits per heavy atom. The van der Waals surface area contributed by atoms with Gasteiger partial charge in [-0.1, -0.05) is 26.0 Å². The summed E-state index contributed by atoms with van der Waals surface area (Å²) in [5.74, 6) is 0.218. The molecule has 2 unspecified atom stereocenters. The lowest BCUT2D eigenvalue weighted by Gasteiger charge is -2.08. The molecule has 0 heterocycles. The van der Waals surface area contributed by atoms with Gasteiger partial charge in [-0.15, -0.1) is 0 Å². The smallest absolute Gasteiger partial charge is 0.0744 e. The van der Waals surface area contributed by atoms with Crippen molar-refractivity contribution in [3.63, 3.8) is 0 Å². The van der Waals surface area contributed by atoms with Crippen LogP contribution in [0.4, 0.5) is 0 Å². The zero-order chi connectivity index (χ0) is 8.15. The average Bonchev–Trinajstić information content (AvgIpc) is 1.82. The van der Waals surface area contributed by atoms with Crippen molar-refractivity contribution in [3.8, 4) is 0 Å². The first-order chi connectivity index (χ1) is 4.54. The van der Waals surface area contributed by atoms with E-state index in [-0.39, 0.29) is 5.92 Å². The number of aliphatic hydroxyl groups is 2. The third kappa shape index (κ3) is 4.53. The van der Waals surface area contributed by atoms with E-state index >= 15 is 0 Å². The van der Waals surface area contributed by atoms with E-state index in [0.29, 0.717) is 0 Å². The molecule has 0 aromatic heterocycles. The maximum absolute atomic E-state index is 9.18. The first-order valence-electron chi connectivity index (χ1n) is 3.58. The Labute approximate surface area is 62.2 Å². The van der Waals surface area contributed by atoms with Gasteiger partial charge in [0.05, 0.1) is 12.2 Å². The Morgan fingerprint density at radius 3 is 1.80 bits per heavy atom. The van der Waals surface area contributed by atoms with E-state index in [4.69, 9.17) is 5.11 Å². The molecule has 0 radical (unpaired) electrons. The first-order valence-corrected chi connectivity index (χ1v) is 3.58. The van der Waals surface area contributed by atoms with Crippen LogP contribution < -0.4 is 0 Å².